The van der Waals surface area contributed by atoms with Gasteiger partial charge in [0.05, 0.1) is 17.1 Å². The van der Waals surface area contributed by atoms with Crippen molar-refractivity contribution < 1.29 is 17.9 Å². The van der Waals surface area contributed by atoms with Crippen LogP contribution < -0.4 is 0 Å². The average Bonchev–Trinajstić information content (AvgIpc) is 2.56. The molecule has 132 valence electrons. The molecule has 0 amide bonds. The number of ether oxygens (including phenoxy) is 1. The molecule has 0 heterocycles. The molecule has 0 saturated heterocycles. The maximum absolute atomic E-state index is 12.3. The molecule has 5 heteroatoms. The molecular weight excluding hydrogens is 324 g/mol. The molecule has 24 heavy (non-hydrogen) atoms. The summed E-state index contributed by atoms with van der Waals surface area (Å²) < 4.78 is 28.3. The SMILES string of the molecule is CCOC(=O)C(=CCC1CCCCC1)c1ccc(S(C)(=O)=O)cc1. The van der Waals surface area contributed by atoms with Crippen LogP contribution in [0.5, 0.6) is 0 Å². The summed E-state index contributed by atoms with van der Waals surface area (Å²) in [6, 6.07) is 6.44. The molecule has 1 aromatic rings. The smallest absolute Gasteiger partial charge is 0.338 e. The fourth-order valence-corrected chi connectivity index (χ4v) is 3.75. The highest BCUT2D eigenvalue weighted by Crippen LogP contribution is 2.28. The summed E-state index contributed by atoms with van der Waals surface area (Å²) >= 11 is 0. The molecule has 0 unspecified atom stereocenters. The second-order valence-electron chi connectivity index (χ2n) is 6.37. The predicted molar refractivity (Wildman–Crippen MR) is 95.4 cm³/mol. The summed E-state index contributed by atoms with van der Waals surface area (Å²) in [7, 11) is -3.24. The van der Waals surface area contributed by atoms with E-state index in [-0.39, 0.29) is 10.9 Å². The molecule has 4 nitrogen and oxygen atoms in total. The molecule has 1 aliphatic carbocycles. The molecule has 1 saturated carbocycles. The van der Waals surface area contributed by atoms with Crippen LogP contribution in [0.3, 0.4) is 0 Å². The van der Waals surface area contributed by atoms with Gasteiger partial charge >= 0.3 is 5.97 Å². The second-order valence-corrected chi connectivity index (χ2v) is 8.39. The van der Waals surface area contributed by atoms with Crippen molar-refractivity contribution in [1.82, 2.24) is 0 Å². The molecule has 0 spiro atoms. The van der Waals surface area contributed by atoms with Crippen molar-refractivity contribution >= 4 is 21.4 Å². The summed E-state index contributed by atoms with van der Waals surface area (Å²) in [6.07, 6.45) is 10.2. The topological polar surface area (TPSA) is 60.4 Å². The van der Waals surface area contributed by atoms with Crippen molar-refractivity contribution in [2.75, 3.05) is 12.9 Å². The van der Waals surface area contributed by atoms with E-state index < -0.39 is 9.84 Å². The monoisotopic (exact) mass is 350 g/mol. The van der Waals surface area contributed by atoms with Crippen LogP contribution >= 0.6 is 0 Å². The Morgan fingerprint density at radius 1 is 1.17 bits per heavy atom. The number of hydrogen-bond acceptors (Lipinski definition) is 4. The van der Waals surface area contributed by atoms with Gasteiger partial charge in [-0.05, 0) is 37.0 Å². The minimum Gasteiger partial charge on any atom is -0.462 e. The van der Waals surface area contributed by atoms with E-state index in [1.54, 1.807) is 31.2 Å². The third kappa shape index (κ3) is 5.20. The van der Waals surface area contributed by atoms with Crippen LogP contribution in [0, 0.1) is 5.92 Å². The lowest BCUT2D eigenvalue weighted by Gasteiger charge is -2.20. The zero-order chi connectivity index (χ0) is 17.6. The van der Waals surface area contributed by atoms with Crippen molar-refractivity contribution in [2.24, 2.45) is 5.92 Å². The molecular formula is C19H26O4S. The molecule has 0 atom stereocenters. The first kappa shape index (κ1) is 18.7. The summed E-state index contributed by atoms with van der Waals surface area (Å²) in [5.74, 6) is 0.277. The molecule has 0 aliphatic heterocycles. The van der Waals surface area contributed by atoms with Crippen LogP contribution in [0.25, 0.3) is 5.57 Å². The lowest BCUT2D eigenvalue weighted by Crippen LogP contribution is -2.09. The third-order valence-electron chi connectivity index (χ3n) is 4.47. The first-order valence-electron chi connectivity index (χ1n) is 8.59. The molecule has 0 bridgehead atoms. The fraction of sp³-hybridized carbons (Fsp3) is 0.526. The molecule has 0 N–H and O–H groups in total. The van der Waals surface area contributed by atoms with Gasteiger partial charge in [-0.15, -0.1) is 0 Å². The lowest BCUT2D eigenvalue weighted by molar-refractivity contribution is -0.136. The van der Waals surface area contributed by atoms with Crippen LogP contribution in [-0.2, 0) is 19.4 Å². The largest absolute Gasteiger partial charge is 0.462 e. The Morgan fingerprint density at radius 3 is 2.33 bits per heavy atom. The second kappa shape index (κ2) is 8.47. The Bertz CT molecular complexity index is 681. The number of benzene rings is 1. The Hall–Kier alpha value is -1.62. The minimum absolute atomic E-state index is 0.252. The Balaban J connectivity index is 2.23. The third-order valence-corrected chi connectivity index (χ3v) is 5.60. The highest BCUT2D eigenvalue weighted by atomic mass is 32.2. The average molecular weight is 350 g/mol. The maximum atomic E-state index is 12.3. The van der Waals surface area contributed by atoms with Gasteiger partial charge < -0.3 is 4.74 Å². The van der Waals surface area contributed by atoms with E-state index in [9.17, 15) is 13.2 Å². The van der Waals surface area contributed by atoms with Crippen LogP contribution in [-0.4, -0.2) is 27.2 Å². The molecule has 2 rings (SSSR count). The Morgan fingerprint density at radius 2 is 1.79 bits per heavy atom. The van der Waals surface area contributed by atoms with E-state index in [0.717, 1.165) is 6.42 Å². The fourth-order valence-electron chi connectivity index (χ4n) is 3.12. The van der Waals surface area contributed by atoms with E-state index in [0.29, 0.717) is 23.7 Å². The zero-order valence-corrected chi connectivity index (χ0v) is 15.3. The maximum Gasteiger partial charge on any atom is 0.338 e. The number of carbonyl (C=O) groups is 1. The zero-order valence-electron chi connectivity index (χ0n) is 14.5. The van der Waals surface area contributed by atoms with E-state index in [1.165, 1.54) is 38.4 Å². The van der Waals surface area contributed by atoms with Gasteiger partial charge in [-0.1, -0.05) is 50.3 Å². The quantitative estimate of drug-likeness (QED) is 0.574. The van der Waals surface area contributed by atoms with E-state index in [2.05, 4.69) is 0 Å². The van der Waals surface area contributed by atoms with Crippen LogP contribution in [0.15, 0.2) is 35.2 Å². The molecule has 0 aromatic heterocycles. The number of carbonyl (C=O) groups excluding carboxylic acids is 1. The van der Waals surface area contributed by atoms with Crippen LogP contribution in [0.2, 0.25) is 0 Å². The summed E-state index contributed by atoms with van der Waals surface area (Å²) in [4.78, 5) is 12.5. The molecule has 1 fully saturated rings. The van der Waals surface area contributed by atoms with Crippen LogP contribution in [0.4, 0.5) is 0 Å². The van der Waals surface area contributed by atoms with E-state index in [1.807, 2.05) is 6.08 Å². The van der Waals surface area contributed by atoms with Gasteiger partial charge in [-0.2, -0.15) is 0 Å². The summed E-state index contributed by atoms with van der Waals surface area (Å²) in [6.45, 7) is 2.10. The highest BCUT2D eigenvalue weighted by molar-refractivity contribution is 7.90. The first-order chi connectivity index (χ1) is 11.4. The Labute approximate surface area is 144 Å². The molecule has 1 aromatic carbocycles. The van der Waals surface area contributed by atoms with Gasteiger partial charge in [0.25, 0.3) is 0 Å². The number of rotatable bonds is 6. The first-order valence-corrected chi connectivity index (χ1v) is 10.5. The van der Waals surface area contributed by atoms with E-state index in [4.69, 9.17) is 4.74 Å². The predicted octanol–water partition coefficient (Wildman–Crippen LogP) is 4.01. The summed E-state index contributed by atoms with van der Waals surface area (Å²) in [5, 5.41) is 0. The molecule has 0 radical (unpaired) electrons. The minimum atomic E-state index is -3.24. The van der Waals surface area contributed by atoms with Gasteiger partial charge in [-0.25, -0.2) is 13.2 Å². The van der Waals surface area contributed by atoms with Gasteiger partial charge in [0, 0.05) is 6.26 Å². The number of hydrogen-bond donors (Lipinski definition) is 0. The van der Waals surface area contributed by atoms with Gasteiger partial charge in [0.2, 0.25) is 0 Å². The van der Waals surface area contributed by atoms with Crippen molar-refractivity contribution in [2.45, 2.75) is 50.3 Å². The van der Waals surface area contributed by atoms with E-state index >= 15 is 0 Å². The van der Waals surface area contributed by atoms with Gasteiger partial charge in [0.15, 0.2) is 9.84 Å². The number of allylic oxidation sites excluding steroid dienone is 1. The summed E-state index contributed by atoms with van der Waals surface area (Å²) in [5.41, 5.74) is 1.24. The highest BCUT2D eigenvalue weighted by Gasteiger charge is 2.17. The van der Waals surface area contributed by atoms with Gasteiger partial charge in [0.1, 0.15) is 0 Å². The van der Waals surface area contributed by atoms with Crippen molar-refractivity contribution in [3.05, 3.63) is 35.9 Å². The van der Waals surface area contributed by atoms with Crippen molar-refractivity contribution in [3.63, 3.8) is 0 Å². The number of esters is 1. The van der Waals surface area contributed by atoms with Crippen molar-refractivity contribution in [3.8, 4) is 0 Å². The molecule has 1 aliphatic rings. The number of sulfone groups is 1. The van der Waals surface area contributed by atoms with Gasteiger partial charge in [-0.3, -0.25) is 0 Å². The lowest BCUT2D eigenvalue weighted by atomic mass is 9.86. The van der Waals surface area contributed by atoms with Crippen LogP contribution in [0.1, 0.15) is 51.0 Å². The normalized spacial score (nSPS) is 16.8. The Kier molecular flexibility index (Phi) is 6.60. The van der Waals surface area contributed by atoms with Crippen molar-refractivity contribution in [1.29, 1.82) is 0 Å². The standard InChI is InChI=1S/C19H26O4S/c1-3-23-19(20)18(14-9-15-7-5-4-6-8-15)16-10-12-17(13-11-16)24(2,21)22/h10-15H,3-9H2,1-2H3.